The maximum atomic E-state index is 9.38. The summed E-state index contributed by atoms with van der Waals surface area (Å²) in [6.07, 6.45) is 19.3. The van der Waals surface area contributed by atoms with Gasteiger partial charge in [0.1, 0.15) is 0 Å². The van der Waals surface area contributed by atoms with Crippen molar-refractivity contribution < 1.29 is 0 Å². The van der Waals surface area contributed by atoms with Crippen molar-refractivity contribution in [1.29, 1.82) is 5.26 Å². The van der Waals surface area contributed by atoms with Crippen LogP contribution < -0.4 is 0 Å². The van der Waals surface area contributed by atoms with Gasteiger partial charge in [0.15, 0.2) is 0 Å². The quantitative estimate of drug-likeness (QED) is 0.511. The van der Waals surface area contributed by atoms with Crippen molar-refractivity contribution >= 4 is 5.57 Å². The molecule has 160 valence electrons. The van der Waals surface area contributed by atoms with Gasteiger partial charge in [0.05, 0.1) is 11.6 Å². The van der Waals surface area contributed by atoms with Crippen LogP contribution in [0.1, 0.15) is 74.5 Å². The van der Waals surface area contributed by atoms with Gasteiger partial charge >= 0.3 is 0 Å². The molecule has 2 aliphatic rings. The number of rotatable bonds is 3. The molecule has 0 radical (unpaired) electrons. The zero-order valence-electron chi connectivity index (χ0n) is 19.6. The Hall–Kier alpha value is -2.97. The fourth-order valence-electron chi connectivity index (χ4n) is 5.07. The Morgan fingerprint density at radius 3 is 2.52 bits per heavy atom. The Morgan fingerprint density at radius 1 is 1.13 bits per heavy atom. The SMILES string of the molecule is C#C.Cn1c(CC2CC(C)(C)Cc3ccc(C#N)cc32)ccc1C1=CCC(C)(C)C=C1. The van der Waals surface area contributed by atoms with E-state index in [9.17, 15) is 5.26 Å². The first-order chi connectivity index (χ1) is 14.7. The van der Waals surface area contributed by atoms with Crippen molar-refractivity contribution in [3.05, 3.63) is 76.6 Å². The number of nitriles is 1. The maximum absolute atomic E-state index is 9.38. The Balaban J connectivity index is 0.00000132. The van der Waals surface area contributed by atoms with Gasteiger partial charge in [0.2, 0.25) is 0 Å². The summed E-state index contributed by atoms with van der Waals surface area (Å²) in [7, 11) is 2.19. The van der Waals surface area contributed by atoms with Gasteiger partial charge < -0.3 is 4.57 Å². The van der Waals surface area contributed by atoms with Crippen molar-refractivity contribution in [3.8, 4) is 18.9 Å². The molecular formula is C29H34N2. The first kappa shape index (κ1) is 22.7. The van der Waals surface area contributed by atoms with E-state index in [2.05, 4.69) is 101 Å². The van der Waals surface area contributed by atoms with Crippen LogP contribution in [0.15, 0.2) is 48.6 Å². The number of allylic oxidation sites excluding steroid dienone is 4. The summed E-state index contributed by atoms with van der Waals surface area (Å²) in [4.78, 5) is 0. The molecule has 2 aliphatic carbocycles. The van der Waals surface area contributed by atoms with Gasteiger partial charge in [0.25, 0.3) is 0 Å². The summed E-state index contributed by atoms with van der Waals surface area (Å²) in [5.74, 6) is 0.457. The third-order valence-corrected chi connectivity index (χ3v) is 6.72. The lowest BCUT2D eigenvalue weighted by molar-refractivity contribution is 0.278. The molecule has 2 heteroatoms. The summed E-state index contributed by atoms with van der Waals surface area (Å²) in [5, 5.41) is 9.38. The van der Waals surface area contributed by atoms with Crippen LogP contribution in [0.4, 0.5) is 0 Å². The summed E-state index contributed by atoms with van der Waals surface area (Å²) in [6.45, 7) is 9.31. The van der Waals surface area contributed by atoms with E-state index in [4.69, 9.17) is 0 Å². The van der Waals surface area contributed by atoms with Crippen LogP contribution in [-0.2, 0) is 19.9 Å². The van der Waals surface area contributed by atoms with E-state index in [0.717, 1.165) is 31.2 Å². The average molecular weight is 411 g/mol. The topological polar surface area (TPSA) is 28.7 Å². The molecule has 0 saturated carbocycles. The number of hydrogen-bond acceptors (Lipinski definition) is 1. The van der Waals surface area contributed by atoms with Gasteiger partial charge in [-0.25, -0.2) is 0 Å². The molecule has 1 aromatic heterocycles. The standard InChI is InChI=1S/C27H32N2.C2H2/c1-26(2)12-10-20(11-13-26)25-9-8-23(29(25)5)15-22-17-27(3,4)16-21-7-6-19(18-28)14-24(21)22;1-2/h6-12,14,22H,13,15-17H2,1-5H3;1-2H. The molecule has 1 atom stereocenters. The summed E-state index contributed by atoms with van der Waals surface area (Å²) in [6, 6.07) is 13.2. The molecule has 0 spiro atoms. The molecular weight excluding hydrogens is 376 g/mol. The molecule has 0 aliphatic heterocycles. The lowest BCUT2D eigenvalue weighted by atomic mass is 9.68. The zero-order valence-corrected chi connectivity index (χ0v) is 19.6. The number of fused-ring (bicyclic) bond motifs is 1. The fraction of sp³-hybridized carbons (Fsp3) is 0.414. The Bertz CT molecular complexity index is 1080. The van der Waals surface area contributed by atoms with E-state index in [0.29, 0.717) is 11.3 Å². The highest BCUT2D eigenvalue weighted by molar-refractivity contribution is 5.73. The highest BCUT2D eigenvalue weighted by Gasteiger charge is 2.33. The van der Waals surface area contributed by atoms with Gasteiger partial charge in [0, 0.05) is 18.4 Å². The molecule has 1 heterocycles. The Morgan fingerprint density at radius 2 is 1.87 bits per heavy atom. The lowest BCUT2D eigenvalue weighted by Crippen LogP contribution is -2.27. The molecule has 2 aromatic rings. The average Bonchev–Trinajstić information content (AvgIpc) is 3.09. The zero-order chi connectivity index (χ0) is 22.8. The largest absolute Gasteiger partial charge is 0.348 e. The summed E-state index contributed by atoms with van der Waals surface area (Å²) >= 11 is 0. The van der Waals surface area contributed by atoms with Gasteiger partial charge in [-0.1, -0.05) is 52.0 Å². The number of nitrogens with zero attached hydrogens (tertiary/aromatic N) is 2. The van der Waals surface area contributed by atoms with E-state index in [1.54, 1.807) is 0 Å². The van der Waals surface area contributed by atoms with Gasteiger partial charge in [-0.2, -0.15) is 5.26 Å². The fourth-order valence-corrected chi connectivity index (χ4v) is 5.07. The summed E-state index contributed by atoms with van der Waals surface area (Å²) in [5.41, 5.74) is 8.12. The minimum absolute atomic E-state index is 0.257. The van der Waals surface area contributed by atoms with Crippen LogP contribution in [0.3, 0.4) is 0 Å². The van der Waals surface area contributed by atoms with E-state index in [1.807, 2.05) is 6.07 Å². The number of benzene rings is 1. The first-order valence-corrected chi connectivity index (χ1v) is 11.1. The van der Waals surface area contributed by atoms with Crippen molar-refractivity contribution in [2.45, 2.75) is 59.3 Å². The Kier molecular flexibility index (Phi) is 6.33. The number of hydrogen-bond donors (Lipinski definition) is 0. The van der Waals surface area contributed by atoms with Gasteiger partial charge in [-0.15, -0.1) is 12.8 Å². The third kappa shape index (κ3) is 4.86. The minimum atomic E-state index is 0.257. The molecule has 4 rings (SSSR count). The van der Waals surface area contributed by atoms with E-state index < -0.39 is 0 Å². The molecule has 0 bridgehead atoms. The van der Waals surface area contributed by atoms with E-state index >= 15 is 0 Å². The second kappa shape index (κ2) is 8.64. The molecule has 0 amide bonds. The number of aromatic nitrogens is 1. The van der Waals surface area contributed by atoms with Crippen LogP contribution in [0.25, 0.3) is 5.57 Å². The highest BCUT2D eigenvalue weighted by Crippen LogP contribution is 2.44. The van der Waals surface area contributed by atoms with E-state index in [1.165, 1.54) is 28.1 Å². The van der Waals surface area contributed by atoms with Crippen LogP contribution in [0.2, 0.25) is 0 Å². The van der Waals surface area contributed by atoms with Gasteiger partial charge in [-0.05, 0) is 83.4 Å². The molecule has 0 saturated heterocycles. The predicted molar refractivity (Wildman–Crippen MR) is 131 cm³/mol. The smallest absolute Gasteiger partial charge is 0.0991 e. The molecule has 0 N–H and O–H groups in total. The number of terminal acetylenes is 1. The second-order valence-electron chi connectivity index (χ2n) is 10.4. The van der Waals surface area contributed by atoms with Gasteiger partial charge in [-0.3, -0.25) is 0 Å². The van der Waals surface area contributed by atoms with Crippen molar-refractivity contribution in [2.24, 2.45) is 17.9 Å². The van der Waals surface area contributed by atoms with Crippen LogP contribution >= 0.6 is 0 Å². The van der Waals surface area contributed by atoms with Crippen LogP contribution in [-0.4, -0.2) is 4.57 Å². The second-order valence-corrected chi connectivity index (χ2v) is 10.4. The predicted octanol–water partition coefficient (Wildman–Crippen LogP) is 6.81. The monoisotopic (exact) mass is 410 g/mol. The molecule has 1 aromatic carbocycles. The van der Waals surface area contributed by atoms with Crippen molar-refractivity contribution in [2.75, 3.05) is 0 Å². The molecule has 2 nitrogen and oxygen atoms in total. The highest BCUT2D eigenvalue weighted by atomic mass is 15.0. The Labute approximate surface area is 188 Å². The molecule has 0 fully saturated rings. The van der Waals surface area contributed by atoms with Crippen LogP contribution in [0, 0.1) is 35.0 Å². The third-order valence-electron chi connectivity index (χ3n) is 6.72. The minimum Gasteiger partial charge on any atom is -0.348 e. The van der Waals surface area contributed by atoms with Crippen molar-refractivity contribution in [1.82, 2.24) is 4.57 Å². The summed E-state index contributed by atoms with van der Waals surface area (Å²) < 4.78 is 2.36. The van der Waals surface area contributed by atoms with Crippen LogP contribution in [0.5, 0.6) is 0 Å². The molecule has 1 unspecified atom stereocenters. The van der Waals surface area contributed by atoms with Crippen molar-refractivity contribution in [3.63, 3.8) is 0 Å². The maximum Gasteiger partial charge on any atom is 0.0991 e. The molecule has 31 heavy (non-hydrogen) atoms. The lowest BCUT2D eigenvalue weighted by Gasteiger charge is -2.37. The first-order valence-electron chi connectivity index (χ1n) is 11.1. The van der Waals surface area contributed by atoms with E-state index in [-0.39, 0.29) is 5.41 Å². The normalized spacial score (nSPS) is 20.6.